The Morgan fingerprint density at radius 3 is 2.80 bits per heavy atom. The summed E-state index contributed by atoms with van der Waals surface area (Å²) in [6.45, 7) is 5.88. The van der Waals surface area contributed by atoms with Gasteiger partial charge < -0.3 is 4.74 Å². The lowest BCUT2D eigenvalue weighted by Gasteiger charge is -2.54. The molecule has 0 radical (unpaired) electrons. The van der Waals surface area contributed by atoms with Crippen LogP contribution in [0.3, 0.4) is 0 Å². The molecular weight excluding hydrogens is 308 g/mol. The topological polar surface area (TPSA) is 26.3 Å². The minimum Gasteiger partial charge on any atom is -0.369 e. The van der Waals surface area contributed by atoms with Crippen LogP contribution in [-0.2, 0) is 9.53 Å². The second-order valence-corrected chi connectivity index (χ2v) is 8.92. The molecule has 2 nitrogen and oxygen atoms in total. The molecule has 0 aromatic carbocycles. The highest BCUT2D eigenvalue weighted by Crippen LogP contribution is 2.63. The average Bonchev–Trinajstić information content (AvgIpc) is 2.98. The Morgan fingerprint density at radius 1 is 1.12 bits per heavy atom. The van der Waals surface area contributed by atoms with Crippen LogP contribution in [0.25, 0.3) is 0 Å². The zero-order valence-electron chi connectivity index (χ0n) is 15.4. The first-order valence-corrected chi connectivity index (χ1v) is 10.1. The molecule has 0 aliphatic heterocycles. The van der Waals surface area contributed by atoms with Crippen molar-refractivity contribution < 1.29 is 9.53 Å². The summed E-state index contributed by atoms with van der Waals surface area (Å²) in [5, 5.41) is 0. The van der Waals surface area contributed by atoms with E-state index in [4.69, 9.17) is 4.74 Å². The van der Waals surface area contributed by atoms with Crippen LogP contribution in [0.5, 0.6) is 0 Å². The van der Waals surface area contributed by atoms with E-state index in [2.05, 4.69) is 37.7 Å². The molecule has 7 atom stereocenters. The summed E-state index contributed by atoms with van der Waals surface area (Å²) in [5.74, 6) is 7.75. The van der Waals surface area contributed by atoms with E-state index in [0.29, 0.717) is 11.3 Å². The largest absolute Gasteiger partial charge is 0.369 e. The second-order valence-electron chi connectivity index (χ2n) is 8.92. The Kier molecular flexibility index (Phi) is 4.52. The predicted molar refractivity (Wildman–Crippen MR) is 99.2 cm³/mol. The van der Waals surface area contributed by atoms with Crippen molar-refractivity contribution in [1.29, 1.82) is 0 Å². The van der Waals surface area contributed by atoms with Gasteiger partial charge in [-0.25, -0.2) is 4.79 Å². The van der Waals surface area contributed by atoms with Crippen molar-refractivity contribution in [1.82, 2.24) is 0 Å². The van der Waals surface area contributed by atoms with Crippen LogP contribution in [0, 0.1) is 52.9 Å². The van der Waals surface area contributed by atoms with Gasteiger partial charge in [0, 0.05) is 12.0 Å². The molecule has 0 aromatic heterocycles. The summed E-state index contributed by atoms with van der Waals surface area (Å²) in [4.78, 5) is 11.2. The van der Waals surface area contributed by atoms with Gasteiger partial charge in [-0.2, -0.15) is 0 Å². The number of esters is 1. The maximum atomic E-state index is 11.2. The van der Waals surface area contributed by atoms with E-state index in [1.165, 1.54) is 51.0 Å². The lowest BCUT2D eigenvalue weighted by atomic mass is 9.50. The first kappa shape index (κ1) is 17.0. The maximum Gasteiger partial charge on any atom is 0.344 e. The molecule has 0 N–H and O–H groups in total. The Labute approximate surface area is 152 Å². The number of carbonyl (C=O) groups excluding carboxylic acids is 1. The Morgan fingerprint density at radius 2 is 1.96 bits per heavy atom. The second kappa shape index (κ2) is 6.67. The number of hydrogen-bond donors (Lipinski definition) is 0. The number of rotatable bonds is 1. The van der Waals surface area contributed by atoms with Crippen LogP contribution < -0.4 is 0 Å². The molecule has 0 amide bonds. The van der Waals surface area contributed by atoms with Gasteiger partial charge in [0.25, 0.3) is 0 Å². The van der Waals surface area contributed by atoms with Crippen molar-refractivity contribution in [2.75, 3.05) is 0 Å². The molecule has 3 fully saturated rings. The summed E-state index contributed by atoms with van der Waals surface area (Å²) in [6.07, 6.45) is 19.3. The molecule has 3 saturated carbocycles. The van der Waals surface area contributed by atoms with Gasteiger partial charge in [0.1, 0.15) is 6.11 Å². The number of ether oxygens (including phenoxy) is 1. The van der Waals surface area contributed by atoms with Gasteiger partial charge in [0.15, 0.2) is 0 Å². The molecule has 4 aliphatic carbocycles. The fraction of sp³-hybridized carbons (Fsp3) is 0.696. The van der Waals surface area contributed by atoms with E-state index >= 15 is 0 Å². The van der Waals surface area contributed by atoms with Gasteiger partial charge in [0.2, 0.25) is 0 Å². The normalized spacial score (nSPS) is 44.5. The number of allylic oxidation sites excluding steroid dienone is 2. The third-order valence-electron chi connectivity index (χ3n) is 8.08. The van der Waals surface area contributed by atoms with Gasteiger partial charge >= 0.3 is 5.97 Å². The van der Waals surface area contributed by atoms with Crippen molar-refractivity contribution in [3.63, 3.8) is 0 Å². The Bertz CT molecular complexity index is 636. The molecule has 0 bridgehead atoms. The molecule has 1 unspecified atom stereocenters. The summed E-state index contributed by atoms with van der Waals surface area (Å²) in [7, 11) is 0. The first-order valence-electron chi connectivity index (χ1n) is 10.1. The standard InChI is InChI=1S/C23H30O2/c1-3-22(24)25-15-13-17-9-11-21-20-10-8-16-6-4-5-7-18(16)19(20)12-14-23(17,21)2/h3-5,16-21H,1,6-12,14H2,2H3/t16?,17-,18-,19+,20+,21-,23+/m0/s1. The van der Waals surface area contributed by atoms with Crippen molar-refractivity contribution in [2.24, 2.45) is 40.9 Å². The van der Waals surface area contributed by atoms with Crippen LogP contribution in [-0.4, -0.2) is 5.97 Å². The van der Waals surface area contributed by atoms with E-state index < -0.39 is 5.97 Å². The van der Waals surface area contributed by atoms with Crippen molar-refractivity contribution in [2.45, 2.75) is 58.3 Å². The zero-order chi connectivity index (χ0) is 17.4. The Hall–Kier alpha value is -1.49. The lowest BCUT2D eigenvalue weighted by Crippen LogP contribution is -2.47. The van der Waals surface area contributed by atoms with Crippen molar-refractivity contribution >= 4 is 5.97 Å². The lowest BCUT2D eigenvalue weighted by molar-refractivity contribution is -0.131. The fourth-order valence-corrected chi connectivity index (χ4v) is 6.85. The third kappa shape index (κ3) is 2.86. The van der Waals surface area contributed by atoms with Gasteiger partial charge in [-0.05, 0) is 86.4 Å². The quantitative estimate of drug-likeness (QED) is 0.287. The zero-order valence-corrected chi connectivity index (χ0v) is 15.4. The van der Waals surface area contributed by atoms with Gasteiger partial charge in [-0.3, -0.25) is 0 Å². The van der Waals surface area contributed by atoms with E-state index in [1.807, 2.05) is 0 Å². The first-order chi connectivity index (χ1) is 12.1. The summed E-state index contributed by atoms with van der Waals surface area (Å²) in [6, 6.07) is 0. The smallest absolute Gasteiger partial charge is 0.344 e. The average molecular weight is 338 g/mol. The van der Waals surface area contributed by atoms with E-state index in [9.17, 15) is 4.79 Å². The fourth-order valence-electron chi connectivity index (χ4n) is 6.85. The molecule has 0 saturated heterocycles. The number of hydrogen-bond acceptors (Lipinski definition) is 2. The summed E-state index contributed by atoms with van der Waals surface area (Å²) >= 11 is 0. The highest BCUT2D eigenvalue weighted by Gasteiger charge is 2.56. The highest BCUT2D eigenvalue weighted by molar-refractivity contribution is 5.82. The highest BCUT2D eigenvalue weighted by atomic mass is 16.5. The maximum absolute atomic E-state index is 11.2. The van der Waals surface area contributed by atoms with Crippen LogP contribution in [0.1, 0.15) is 58.3 Å². The number of fused-ring (bicyclic) bond motifs is 5. The molecule has 0 heterocycles. The van der Waals surface area contributed by atoms with Crippen molar-refractivity contribution in [3.8, 4) is 12.0 Å². The van der Waals surface area contributed by atoms with E-state index in [0.717, 1.165) is 36.0 Å². The number of carbonyl (C=O) groups is 1. The molecule has 4 rings (SSSR count). The van der Waals surface area contributed by atoms with Crippen LogP contribution in [0.2, 0.25) is 0 Å². The molecule has 0 aromatic rings. The molecule has 0 spiro atoms. The minimum atomic E-state index is -0.445. The van der Waals surface area contributed by atoms with Gasteiger partial charge in [0.05, 0.1) is 0 Å². The van der Waals surface area contributed by atoms with Crippen LogP contribution >= 0.6 is 0 Å². The summed E-state index contributed by atoms with van der Waals surface area (Å²) in [5.41, 5.74) is 0.312. The van der Waals surface area contributed by atoms with E-state index in [1.54, 1.807) is 0 Å². The van der Waals surface area contributed by atoms with Crippen LogP contribution in [0.4, 0.5) is 0 Å². The molecule has 25 heavy (non-hydrogen) atoms. The van der Waals surface area contributed by atoms with E-state index in [-0.39, 0.29) is 0 Å². The SMILES string of the molecule is C=CC(=O)OC#C[C@@H]1CC[C@H]2[C@@H]3CCC4CC=CC[C@@H]4[C@H]3CC[C@]12C. The Balaban J connectivity index is 1.50. The van der Waals surface area contributed by atoms with Gasteiger partial charge in [-0.1, -0.05) is 31.6 Å². The van der Waals surface area contributed by atoms with Crippen molar-refractivity contribution in [3.05, 3.63) is 24.8 Å². The third-order valence-corrected chi connectivity index (χ3v) is 8.08. The van der Waals surface area contributed by atoms with Gasteiger partial charge in [-0.15, -0.1) is 0 Å². The molecule has 4 aliphatic rings. The molecule has 2 heteroatoms. The monoisotopic (exact) mass is 338 g/mol. The molecular formula is C23H30O2. The molecule has 134 valence electrons. The minimum absolute atomic E-state index is 0.312. The summed E-state index contributed by atoms with van der Waals surface area (Å²) < 4.78 is 4.93. The predicted octanol–water partition coefficient (Wildman–Crippen LogP) is 5.11. The van der Waals surface area contributed by atoms with Crippen LogP contribution in [0.15, 0.2) is 24.8 Å².